The average Bonchev–Trinajstić information content (AvgIpc) is 2.98. The Hall–Kier alpha value is -2.77. The molecule has 2 aromatic heterocycles. The minimum Gasteiger partial charge on any atom is -0.476 e. The van der Waals surface area contributed by atoms with Gasteiger partial charge in [0.25, 0.3) is 0 Å². The highest BCUT2D eigenvalue weighted by Gasteiger charge is 2.30. The van der Waals surface area contributed by atoms with E-state index in [0.717, 1.165) is 12.1 Å². The van der Waals surface area contributed by atoms with Crippen LogP contribution in [-0.4, -0.2) is 25.7 Å². The number of hydrogen-bond donors (Lipinski definition) is 2. The number of carboxylic acid groups (broad SMARTS) is 1. The topological polar surface area (TPSA) is 70.4 Å². The second-order valence-electron chi connectivity index (χ2n) is 4.81. The van der Waals surface area contributed by atoms with Gasteiger partial charge in [0.2, 0.25) is 0 Å². The van der Waals surface area contributed by atoms with Crippen molar-refractivity contribution < 1.29 is 23.1 Å². The largest absolute Gasteiger partial charge is 0.476 e. The van der Waals surface area contributed by atoms with Crippen molar-refractivity contribution in [3.8, 4) is 11.3 Å². The van der Waals surface area contributed by atoms with Crippen LogP contribution < -0.4 is 0 Å². The van der Waals surface area contributed by atoms with Crippen molar-refractivity contribution in [2.45, 2.75) is 13.1 Å². The Balaban J connectivity index is 2.05. The molecule has 0 spiro atoms. The van der Waals surface area contributed by atoms with Crippen molar-refractivity contribution >= 4 is 11.6 Å². The Morgan fingerprint density at radius 1 is 1.27 bits per heavy atom. The molecule has 0 aliphatic carbocycles. The van der Waals surface area contributed by atoms with E-state index in [1.165, 1.54) is 22.8 Å². The summed E-state index contributed by atoms with van der Waals surface area (Å²) in [4.78, 5) is 14.8. The Labute approximate surface area is 122 Å². The van der Waals surface area contributed by atoms with E-state index in [0.29, 0.717) is 22.5 Å². The Morgan fingerprint density at radius 2 is 1.91 bits per heavy atom. The molecule has 0 bridgehead atoms. The third kappa shape index (κ3) is 2.22. The van der Waals surface area contributed by atoms with Gasteiger partial charge in [0, 0.05) is 5.56 Å². The number of nitrogens with one attached hydrogen (secondary N) is 1. The fourth-order valence-electron chi connectivity index (χ4n) is 2.26. The van der Waals surface area contributed by atoms with Gasteiger partial charge in [0.05, 0.1) is 17.5 Å². The zero-order chi connectivity index (χ0) is 16.1. The number of halogens is 3. The van der Waals surface area contributed by atoms with Gasteiger partial charge in [-0.2, -0.15) is 13.2 Å². The molecule has 0 fully saturated rings. The number of alkyl halides is 3. The van der Waals surface area contributed by atoms with Crippen LogP contribution in [0.3, 0.4) is 0 Å². The van der Waals surface area contributed by atoms with E-state index in [1.54, 1.807) is 6.92 Å². The van der Waals surface area contributed by atoms with Crippen LogP contribution >= 0.6 is 0 Å². The zero-order valence-electron chi connectivity index (χ0n) is 11.3. The first-order valence-corrected chi connectivity index (χ1v) is 6.26. The summed E-state index contributed by atoms with van der Waals surface area (Å²) in [5.41, 5.74) is 1.41. The molecule has 8 heteroatoms. The number of aryl methyl sites for hydroxylation is 1. The lowest BCUT2D eigenvalue weighted by molar-refractivity contribution is -0.137. The smallest absolute Gasteiger partial charge is 0.416 e. The standard InChI is InChI=1S/C14H10F3N3O2/c1-7-11(8-2-4-9(5-3-8)14(15,16)17)19-20-6-10(13(21)22)18-12(7)20/h2-6,19H,1H3,(H,21,22). The van der Waals surface area contributed by atoms with Crippen molar-refractivity contribution in [1.82, 2.24) is 14.6 Å². The lowest BCUT2D eigenvalue weighted by atomic mass is 10.1. The molecule has 3 rings (SSSR count). The molecule has 2 N–H and O–H groups in total. The summed E-state index contributed by atoms with van der Waals surface area (Å²) in [6.45, 7) is 1.72. The Kier molecular flexibility index (Phi) is 2.98. The van der Waals surface area contributed by atoms with Gasteiger partial charge in [-0.15, -0.1) is 0 Å². The van der Waals surface area contributed by atoms with E-state index in [-0.39, 0.29) is 5.69 Å². The summed E-state index contributed by atoms with van der Waals surface area (Å²) in [5.74, 6) is -1.15. The third-order valence-corrected chi connectivity index (χ3v) is 3.37. The van der Waals surface area contributed by atoms with Crippen LogP contribution in [0.25, 0.3) is 16.9 Å². The highest BCUT2D eigenvalue weighted by atomic mass is 19.4. The van der Waals surface area contributed by atoms with Crippen molar-refractivity contribution in [2.24, 2.45) is 0 Å². The van der Waals surface area contributed by atoms with Crippen molar-refractivity contribution in [2.75, 3.05) is 0 Å². The summed E-state index contributed by atoms with van der Waals surface area (Å²) >= 11 is 0. The molecule has 0 saturated carbocycles. The molecule has 2 heterocycles. The molecule has 0 aliphatic heterocycles. The van der Waals surface area contributed by atoms with Crippen LogP contribution in [0, 0.1) is 6.92 Å². The maximum absolute atomic E-state index is 12.6. The molecule has 0 amide bonds. The second-order valence-corrected chi connectivity index (χ2v) is 4.81. The molecule has 1 aromatic carbocycles. The number of nitrogens with zero attached hydrogens (tertiary/aromatic N) is 2. The monoisotopic (exact) mass is 309 g/mol. The fourth-order valence-corrected chi connectivity index (χ4v) is 2.26. The quantitative estimate of drug-likeness (QED) is 0.762. The molecule has 114 valence electrons. The molecular formula is C14H10F3N3O2. The number of aromatic amines is 1. The minimum absolute atomic E-state index is 0.103. The minimum atomic E-state index is -4.38. The first-order chi connectivity index (χ1) is 10.3. The SMILES string of the molecule is Cc1c(-c2ccc(C(F)(F)F)cc2)[nH]n2cc(C(=O)O)nc12. The van der Waals surface area contributed by atoms with Gasteiger partial charge >= 0.3 is 12.1 Å². The van der Waals surface area contributed by atoms with Gasteiger partial charge in [-0.1, -0.05) is 12.1 Å². The summed E-state index contributed by atoms with van der Waals surface area (Å²) in [6, 6.07) is 4.72. The number of carbonyl (C=O) groups is 1. The normalized spacial score (nSPS) is 12.0. The summed E-state index contributed by atoms with van der Waals surface area (Å²) < 4.78 is 39.1. The van der Waals surface area contributed by atoms with Gasteiger partial charge in [-0.25, -0.2) is 14.3 Å². The summed E-state index contributed by atoms with van der Waals surface area (Å²) in [5, 5.41) is 11.8. The van der Waals surface area contributed by atoms with Crippen molar-refractivity contribution in [1.29, 1.82) is 0 Å². The van der Waals surface area contributed by atoms with Crippen LogP contribution in [0.1, 0.15) is 21.6 Å². The van der Waals surface area contributed by atoms with E-state index in [9.17, 15) is 18.0 Å². The molecule has 0 atom stereocenters. The maximum atomic E-state index is 12.6. The number of hydrogen-bond acceptors (Lipinski definition) is 2. The summed E-state index contributed by atoms with van der Waals surface area (Å²) in [7, 11) is 0. The van der Waals surface area contributed by atoms with E-state index in [2.05, 4.69) is 10.1 Å². The molecule has 3 aromatic rings. The summed E-state index contributed by atoms with van der Waals surface area (Å²) in [6.07, 6.45) is -3.06. The highest BCUT2D eigenvalue weighted by molar-refractivity contribution is 5.86. The van der Waals surface area contributed by atoms with Crippen molar-refractivity contribution in [3.05, 3.63) is 47.3 Å². The number of aromatic carboxylic acids is 1. The first-order valence-electron chi connectivity index (χ1n) is 6.26. The Morgan fingerprint density at radius 3 is 2.41 bits per heavy atom. The van der Waals surface area contributed by atoms with Gasteiger partial charge < -0.3 is 5.11 Å². The predicted octanol–water partition coefficient (Wildman–Crippen LogP) is 3.35. The lowest BCUT2D eigenvalue weighted by Crippen LogP contribution is -2.04. The van der Waals surface area contributed by atoms with Gasteiger partial charge in [0.15, 0.2) is 11.3 Å². The van der Waals surface area contributed by atoms with E-state index in [4.69, 9.17) is 5.11 Å². The number of H-pyrrole nitrogens is 1. The van der Waals surface area contributed by atoms with Crippen molar-refractivity contribution in [3.63, 3.8) is 0 Å². The number of carboxylic acids is 1. The zero-order valence-corrected chi connectivity index (χ0v) is 11.3. The third-order valence-electron chi connectivity index (χ3n) is 3.37. The first kappa shape index (κ1) is 14.2. The number of aromatic nitrogens is 3. The van der Waals surface area contributed by atoms with E-state index in [1.807, 2.05) is 0 Å². The van der Waals surface area contributed by atoms with Crippen LogP contribution in [0.5, 0.6) is 0 Å². The fraction of sp³-hybridized carbons (Fsp3) is 0.143. The number of rotatable bonds is 2. The highest BCUT2D eigenvalue weighted by Crippen LogP contribution is 2.32. The van der Waals surface area contributed by atoms with E-state index >= 15 is 0 Å². The second kappa shape index (κ2) is 4.62. The molecule has 5 nitrogen and oxygen atoms in total. The van der Waals surface area contributed by atoms with E-state index < -0.39 is 17.7 Å². The molecule has 0 saturated heterocycles. The molecular weight excluding hydrogens is 299 g/mol. The number of imidazole rings is 1. The van der Waals surface area contributed by atoms with Gasteiger partial charge in [-0.05, 0) is 24.6 Å². The van der Waals surface area contributed by atoms with Crippen LogP contribution in [-0.2, 0) is 6.18 Å². The Bertz CT molecular complexity index is 860. The molecule has 0 aliphatic rings. The maximum Gasteiger partial charge on any atom is 0.416 e. The predicted molar refractivity (Wildman–Crippen MR) is 71.7 cm³/mol. The number of fused-ring (bicyclic) bond motifs is 1. The van der Waals surface area contributed by atoms with Gasteiger partial charge in [-0.3, -0.25) is 5.10 Å². The van der Waals surface area contributed by atoms with Crippen LogP contribution in [0.4, 0.5) is 13.2 Å². The van der Waals surface area contributed by atoms with Crippen LogP contribution in [0.2, 0.25) is 0 Å². The molecule has 22 heavy (non-hydrogen) atoms. The van der Waals surface area contributed by atoms with Crippen LogP contribution in [0.15, 0.2) is 30.5 Å². The molecule has 0 radical (unpaired) electrons. The lowest BCUT2D eigenvalue weighted by Gasteiger charge is -2.07. The number of benzene rings is 1. The van der Waals surface area contributed by atoms with Gasteiger partial charge in [0.1, 0.15) is 0 Å². The average molecular weight is 309 g/mol. The molecule has 0 unspecified atom stereocenters.